The number of nitrogens with two attached hydrogens (primary N) is 1. The van der Waals surface area contributed by atoms with Crippen molar-refractivity contribution < 1.29 is 4.79 Å². The highest BCUT2D eigenvalue weighted by Crippen LogP contribution is 3.34. The van der Waals surface area contributed by atoms with Gasteiger partial charge in [-0.05, 0) is 61.4 Å². The average molecular weight is 368 g/mol. The summed E-state index contributed by atoms with van der Waals surface area (Å²) in [6.07, 6.45) is 10.7. The van der Waals surface area contributed by atoms with Gasteiger partial charge in [0.15, 0.2) is 0 Å². The smallest absolute Gasteiger partial charge is 0.224 e. The summed E-state index contributed by atoms with van der Waals surface area (Å²) in [6.45, 7) is 9.73. The molecule has 6 aliphatic rings. The van der Waals surface area contributed by atoms with Gasteiger partial charge in [-0.3, -0.25) is 4.79 Å². The third-order valence-corrected chi connectivity index (χ3v) is 15.0. The van der Waals surface area contributed by atoms with Crippen LogP contribution in [0.25, 0.3) is 0 Å². The molecule has 7 atom stereocenters. The number of primary amides is 1. The van der Waals surface area contributed by atoms with Crippen molar-refractivity contribution in [1.82, 2.24) is 0 Å². The average Bonchev–Trinajstić information content (AvgIpc) is 3.50. The Kier molecular flexibility index (Phi) is 2.70. The number of fused-ring (bicyclic) bond motifs is 1. The first-order valence-electron chi connectivity index (χ1n) is 11.1. The quantitative estimate of drug-likeness (QED) is 0.712. The molecule has 0 bridgehead atoms. The minimum atomic E-state index is -0.514. The first kappa shape index (κ1) is 16.3. The van der Waals surface area contributed by atoms with E-state index in [1.807, 2.05) is 0 Å². The van der Waals surface area contributed by atoms with Crippen LogP contribution in [-0.4, -0.2) is 19.5 Å². The Morgan fingerprint density at radius 2 is 1.58 bits per heavy atom. The predicted molar refractivity (Wildman–Crippen MR) is 107 cm³/mol. The zero-order chi connectivity index (χ0) is 18.3. The minimum absolute atomic E-state index is 0.0456. The Labute approximate surface area is 159 Å². The Bertz CT molecular complexity index is 841. The van der Waals surface area contributed by atoms with Crippen molar-refractivity contribution >= 4 is 19.5 Å². The van der Waals surface area contributed by atoms with Crippen LogP contribution in [0.15, 0.2) is 11.1 Å². The molecule has 7 unspecified atom stereocenters. The topological polar surface area (TPSA) is 43.1 Å². The number of hydrogen-bond acceptors (Lipinski definition) is 1. The van der Waals surface area contributed by atoms with Gasteiger partial charge in [0.25, 0.3) is 0 Å². The molecule has 140 valence electrons. The number of rotatable bonds is 2. The van der Waals surface area contributed by atoms with Gasteiger partial charge < -0.3 is 5.73 Å². The summed E-state index contributed by atoms with van der Waals surface area (Å²) in [5, 5.41) is 2.42. The second-order valence-corrected chi connectivity index (χ2v) is 13.9. The third kappa shape index (κ3) is 1.17. The summed E-state index contributed by atoms with van der Waals surface area (Å²) in [5.41, 5.74) is 11.1. The summed E-state index contributed by atoms with van der Waals surface area (Å²) in [4.78, 5) is 12.5. The second kappa shape index (κ2) is 4.31. The van der Waals surface area contributed by atoms with E-state index >= 15 is 0 Å². The molecular weight excluding hydrogens is 334 g/mol. The first-order chi connectivity index (χ1) is 12.4. The van der Waals surface area contributed by atoms with E-state index in [1.54, 1.807) is 16.3 Å². The number of amides is 1. The summed E-state index contributed by atoms with van der Waals surface area (Å²) < 4.78 is 0. The third-order valence-electron chi connectivity index (χ3n) is 10.6. The Morgan fingerprint density at radius 1 is 0.962 bits per heavy atom. The van der Waals surface area contributed by atoms with Gasteiger partial charge in [-0.2, -0.15) is 0 Å². The first-order valence-corrected chi connectivity index (χ1v) is 12.7. The van der Waals surface area contributed by atoms with Gasteiger partial charge in [0.1, 0.15) is 0 Å². The second-order valence-electron chi connectivity index (χ2n) is 10.6. The van der Waals surface area contributed by atoms with E-state index in [1.165, 1.54) is 44.9 Å². The molecule has 0 saturated heterocycles. The normalized spacial score (nSPS) is 56.2. The Balaban J connectivity index is 1.39. The Morgan fingerprint density at radius 3 is 2.08 bits per heavy atom. The van der Waals surface area contributed by atoms with E-state index in [-0.39, 0.29) is 11.3 Å². The SMILES string of the molecule is CC1=C(C)C(C)[Si](C23CCCCCCCCC4(C(N)=O)C5C46C2C536)=C1C. The fraction of sp³-hybridized carbons (Fsp3) is 0.826. The van der Waals surface area contributed by atoms with Gasteiger partial charge in [0, 0.05) is 13.8 Å². The van der Waals surface area contributed by atoms with Gasteiger partial charge in [-0.25, -0.2) is 0 Å². The molecule has 3 heteroatoms. The molecule has 1 aliphatic heterocycles. The van der Waals surface area contributed by atoms with E-state index in [0.29, 0.717) is 21.8 Å². The molecule has 2 spiro atoms. The van der Waals surface area contributed by atoms with Crippen LogP contribution >= 0.6 is 0 Å². The summed E-state index contributed by atoms with van der Waals surface area (Å²) >= 11 is 0. The maximum atomic E-state index is 12.5. The monoisotopic (exact) mass is 367 g/mol. The molecule has 0 aromatic carbocycles. The number of carbonyl (C=O) groups excluding carboxylic acids is 1. The molecule has 5 saturated carbocycles. The van der Waals surface area contributed by atoms with Crippen LogP contribution in [-0.2, 0) is 4.79 Å². The molecule has 1 amide bonds. The van der Waals surface area contributed by atoms with Crippen molar-refractivity contribution in [1.29, 1.82) is 0 Å². The van der Waals surface area contributed by atoms with Crippen molar-refractivity contribution in [3.05, 3.63) is 11.1 Å². The van der Waals surface area contributed by atoms with Crippen LogP contribution in [0.1, 0.15) is 79.1 Å². The molecular formula is C23H33NOSi. The minimum Gasteiger partial charge on any atom is -0.369 e. The van der Waals surface area contributed by atoms with Crippen LogP contribution in [0, 0.1) is 28.1 Å². The van der Waals surface area contributed by atoms with E-state index in [2.05, 4.69) is 27.7 Å². The highest BCUT2D eigenvalue weighted by molar-refractivity contribution is 6.81. The number of carbonyl (C=O) groups is 1. The van der Waals surface area contributed by atoms with Crippen molar-refractivity contribution in [3.63, 3.8) is 0 Å². The van der Waals surface area contributed by atoms with Crippen LogP contribution in [0.4, 0.5) is 0 Å². The fourth-order valence-electron chi connectivity index (χ4n) is 9.56. The Hall–Kier alpha value is -0.703. The number of allylic oxidation sites excluding steroid dienone is 2. The molecule has 2 nitrogen and oxygen atoms in total. The van der Waals surface area contributed by atoms with Crippen LogP contribution in [0.3, 0.4) is 0 Å². The molecule has 0 aromatic rings. The van der Waals surface area contributed by atoms with Crippen LogP contribution in [0.2, 0.25) is 10.6 Å². The largest absolute Gasteiger partial charge is 0.369 e. The maximum absolute atomic E-state index is 12.5. The molecule has 2 N–H and O–H groups in total. The van der Waals surface area contributed by atoms with Gasteiger partial charge in [-0.15, -0.1) is 0 Å². The molecule has 6 rings (SSSR count). The van der Waals surface area contributed by atoms with Crippen LogP contribution in [0.5, 0.6) is 0 Å². The van der Waals surface area contributed by atoms with Crippen molar-refractivity contribution in [3.8, 4) is 0 Å². The van der Waals surface area contributed by atoms with E-state index < -0.39 is 8.41 Å². The van der Waals surface area contributed by atoms with Gasteiger partial charge in [0.05, 0.1) is 5.41 Å². The van der Waals surface area contributed by atoms with E-state index in [4.69, 9.17) is 5.73 Å². The molecule has 26 heavy (non-hydrogen) atoms. The lowest BCUT2D eigenvalue weighted by atomic mass is 9.78. The zero-order valence-corrected chi connectivity index (χ0v) is 17.9. The van der Waals surface area contributed by atoms with Crippen molar-refractivity contribution in [2.75, 3.05) is 0 Å². The summed E-state index contributed by atoms with van der Waals surface area (Å²) in [5.74, 6) is 1.67. The molecule has 5 aliphatic carbocycles. The standard InChI is InChI=1S/C23H33NOSi/c1-13-14(2)16(4)26(15(13)3)21-12-10-8-6-5-7-9-11-20(19(24)25)17-22(20)18(21)23(17,21)22/h15,17-18H,5-12H2,1-4H3,(H2,24,25). The lowest BCUT2D eigenvalue weighted by Crippen LogP contribution is -2.40. The molecule has 0 radical (unpaired) electrons. The van der Waals surface area contributed by atoms with E-state index in [9.17, 15) is 4.79 Å². The molecule has 1 heterocycles. The maximum Gasteiger partial charge on any atom is 0.224 e. The number of hydrogen-bond donors (Lipinski definition) is 1. The fourth-order valence-corrected chi connectivity index (χ4v) is 15.0. The van der Waals surface area contributed by atoms with Crippen molar-refractivity contribution in [2.45, 2.75) is 89.6 Å². The van der Waals surface area contributed by atoms with Crippen molar-refractivity contribution in [2.24, 2.45) is 33.8 Å². The lowest BCUT2D eigenvalue weighted by molar-refractivity contribution is -0.126. The summed E-state index contributed by atoms with van der Waals surface area (Å²) in [7, 11) is -0.514. The zero-order valence-electron chi connectivity index (χ0n) is 16.9. The van der Waals surface area contributed by atoms with Gasteiger partial charge >= 0.3 is 0 Å². The molecule has 0 aromatic heterocycles. The summed E-state index contributed by atoms with van der Waals surface area (Å²) in [6, 6.07) is 0. The predicted octanol–water partition coefficient (Wildman–Crippen LogP) is 4.60. The lowest BCUT2D eigenvalue weighted by Gasteiger charge is -2.36. The molecule has 5 fully saturated rings. The highest BCUT2D eigenvalue weighted by atomic mass is 28.2. The highest BCUT2D eigenvalue weighted by Gasteiger charge is 3.32. The van der Waals surface area contributed by atoms with E-state index in [0.717, 1.165) is 17.9 Å². The van der Waals surface area contributed by atoms with Crippen LogP contribution < -0.4 is 5.73 Å². The van der Waals surface area contributed by atoms with Gasteiger partial charge in [-0.1, -0.05) is 61.8 Å². The van der Waals surface area contributed by atoms with Gasteiger partial charge in [0.2, 0.25) is 5.91 Å².